The average Bonchev–Trinajstić information content (AvgIpc) is 3.20. The van der Waals surface area contributed by atoms with Crippen LogP contribution in [-0.2, 0) is 23.2 Å². The lowest BCUT2D eigenvalue weighted by atomic mass is 9.69. The molecule has 0 bridgehead atoms. The van der Waals surface area contributed by atoms with Gasteiger partial charge in [-0.25, -0.2) is 13.6 Å². The lowest BCUT2D eigenvalue weighted by Gasteiger charge is -2.41. The van der Waals surface area contributed by atoms with Crippen molar-refractivity contribution in [1.29, 1.82) is 0 Å². The van der Waals surface area contributed by atoms with E-state index in [2.05, 4.69) is 0 Å². The molecule has 8 heteroatoms. The number of aliphatic hydroxyl groups is 1. The zero-order valence-corrected chi connectivity index (χ0v) is 21.0. The molecule has 0 fully saturated rings. The van der Waals surface area contributed by atoms with E-state index in [0.29, 0.717) is 28.0 Å². The highest BCUT2D eigenvalue weighted by Gasteiger charge is 2.43. The summed E-state index contributed by atoms with van der Waals surface area (Å²) in [6.45, 7) is 3.78. The van der Waals surface area contributed by atoms with Gasteiger partial charge in [0.05, 0.1) is 24.3 Å². The number of methoxy groups -OCH3 is 1. The number of rotatable bonds is 8. The van der Waals surface area contributed by atoms with Crippen molar-refractivity contribution < 1.29 is 28.2 Å². The van der Waals surface area contributed by atoms with Gasteiger partial charge in [-0.1, -0.05) is 37.6 Å². The summed E-state index contributed by atoms with van der Waals surface area (Å²) in [5.74, 6) is -0.985. The van der Waals surface area contributed by atoms with Gasteiger partial charge in [0.15, 0.2) is 0 Å². The Morgan fingerprint density at radius 1 is 1.17 bits per heavy atom. The lowest BCUT2D eigenvalue weighted by Crippen LogP contribution is -2.47. The van der Waals surface area contributed by atoms with Gasteiger partial charge in [0.2, 0.25) is 0 Å². The molecule has 2 atom stereocenters. The van der Waals surface area contributed by atoms with Crippen molar-refractivity contribution in [2.24, 2.45) is 5.73 Å². The smallest absolute Gasteiger partial charge is 0.338 e. The van der Waals surface area contributed by atoms with Gasteiger partial charge in [-0.3, -0.25) is 0 Å². The Balaban J connectivity index is 1.80. The molecule has 3 N–H and O–H groups in total. The molecule has 3 aromatic rings. The highest BCUT2D eigenvalue weighted by atomic mass is 35.5. The maximum absolute atomic E-state index is 14.8. The predicted molar refractivity (Wildman–Crippen MR) is 133 cm³/mol. The Morgan fingerprint density at radius 3 is 2.61 bits per heavy atom. The lowest BCUT2D eigenvalue weighted by molar-refractivity contribution is -0.0126. The Labute approximate surface area is 213 Å². The molecule has 1 aliphatic rings. The number of esters is 1. The zero-order valence-electron chi connectivity index (χ0n) is 20.3. The monoisotopic (exact) mass is 515 g/mol. The summed E-state index contributed by atoms with van der Waals surface area (Å²) in [4.78, 5) is 11.9. The summed E-state index contributed by atoms with van der Waals surface area (Å²) in [6, 6.07) is 12.5. The van der Waals surface area contributed by atoms with E-state index in [0.717, 1.165) is 0 Å². The number of cyclic esters (lactones) is 1. The number of carbonyl (C=O) groups excluding carboxylic acids is 1. The fraction of sp³-hybridized carbons (Fsp3) is 0.321. The zero-order chi connectivity index (χ0) is 26.3. The van der Waals surface area contributed by atoms with Crippen molar-refractivity contribution in [2.45, 2.75) is 50.4 Å². The number of benzene rings is 3. The van der Waals surface area contributed by atoms with Crippen LogP contribution in [0.25, 0.3) is 0 Å². The highest BCUT2D eigenvalue weighted by Crippen LogP contribution is 2.44. The molecule has 2 unspecified atom stereocenters. The molecule has 0 amide bonds. The van der Waals surface area contributed by atoms with Crippen molar-refractivity contribution in [1.82, 2.24) is 0 Å². The van der Waals surface area contributed by atoms with Gasteiger partial charge in [0.1, 0.15) is 24.0 Å². The molecule has 0 saturated heterocycles. The van der Waals surface area contributed by atoms with Crippen LogP contribution in [0.5, 0.6) is 5.75 Å². The first-order chi connectivity index (χ1) is 16.9. The molecule has 1 heterocycles. The number of hydrogen-bond donors (Lipinski definition) is 2. The fourth-order valence-corrected chi connectivity index (χ4v) is 5.25. The maximum Gasteiger partial charge on any atom is 0.338 e. The van der Waals surface area contributed by atoms with E-state index in [1.165, 1.54) is 37.4 Å². The van der Waals surface area contributed by atoms with Gasteiger partial charge in [-0.05, 0) is 59.9 Å². The van der Waals surface area contributed by atoms with Crippen LogP contribution in [0, 0.1) is 11.6 Å². The molecule has 4 rings (SSSR count). The van der Waals surface area contributed by atoms with Crippen LogP contribution in [0.15, 0.2) is 54.6 Å². The number of halogens is 3. The third-order valence-corrected chi connectivity index (χ3v) is 7.18. The summed E-state index contributed by atoms with van der Waals surface area (Å²) in [5.41, 5.74) is 6.40. The van der Waals surface area contributed by atoms with Gasteiger partial charge in [-0.2, -0.15) is 0 Å². The molecule has 0 radical (unpaired) electrons. The predicted octanol–water partition coefficient (Wildman–Crippen LogP) is 5.64. The van der Waals surface area contributed by atoms with Crippen LogP contribution in [-0.4, -0.2) is 23.8 Å². The van der Waals surface area contributed by atoms with Crippen LogP contribution in [0.4, 0.5) is 8.78 Å². The van der Waals surface area contributed by atoms with E-state index in [-0.39, 0.29) is 30.0 Å². The molecule has 190 valence electrons. The SMILES string of the molecule is COc1ccc(F)cc1C(C)(C)CC(O)(Cc1c(F)cccc1Cl)C(N)c1ccc2c(c1)COC2=O. The molecular formula is C28H28ClF2NO4. The van der Waals surface area contributed by atoms with Gasteiger partial charge < -0.3 is 20.3 Å². The first kappa shape index (κ1) is 26.1. The van der Waals surface area contributed by atoms with Crippen molar-refractivity contribution in [2.75, 3.05) is 7.11 Å². The Hall–Kier alpha value is -3.00. The van der Waals surface area contributed by atoms with Gasteiger partial charge in [0, 0.05) is 28.1 Å². The Bertz CT molecular complexity index is 1290. The summed E-state index contributed by atoms with van der Waals surface area (Å²) >= 11 is 6.32. The molecule has 3 aromatic carbocycles. The normalized spacial score (nSPS) is 15.7. The van der Waals surface area contributed by atoms with Crippen LogP contribution in [0.1, 0.15) is 58.9 Å². The maximum atomic E-state index is 14.8. The van der Waals surface area contributed by atoms with Gasteiger partial charge in [0.25, 0.3) is 0 Å². The van der Waals surface area contributed by atoms with Gasteiger partial charge >= 0.3 is 5.97 Å². The average molecular weight is 516 g/mol. The molecule has 0 aromatic heterocycles. The molecule has 36 heavy (non-hydrogen) atoms. The highest BCUT2D eigenvalue weighted by molar-refractivity contribution is 6.31. The van der Waals surface area contributed by atoms with E-state index >= 15 is 0 Å². The van der Waals surface area contributed by atoms with Crippen LogP contribution in [0.3, 0.4) is 0 Å². The minimum atomic E-state index is -1.73. The number of ether oxygens (including phenoxy) is 2. The second-order valence-electron chi connectivity index (χ2n) is 9.86. The standard InChI is InChI=1S/C28H28ClF2NO4/c1-27(2,21-12-18(30)8-10-24(21)35-3)15-28(34,13-20-22(29)5-4-6-23(20)31)25(32)16-7-9-19-17(11-16)14-36-26(19)33/h4-12,25,34H,13-15,32H2,1-3H3. The fourth-order valence-electron chi connectivity index (χ4n) is 5.02. The topological polar surface area (TPSA) is 81.8 Å². The third-order valence-electron chi connectivity index (χ3n) is 6.83. The summed E-state index contributed by atoms with van der Waals surface area (Å²) in [6.07, 6.45) is -0.189. The molecule has 1 aliphatic heterocycles. The first-order valence-electron chi connectivity index (χ1n) is 11.5. The van der Waals surface area contributed by atoms with Crippen molar-refractivity contribution >= 4 is 17.6 Å². The third kappa shape index (κ3) is 4.96. The summed E-state index contributed by atoms with van der Waals surface area (Å²) < 4.78 is 39.6. The van der Waals surface area contributed by atoms with Crippen LogP contribution in [0.2, 0.25) is 5.02 Å². The molecule has 0 saturated carbocycles. The Kier molecular flexibility index (Phi) is 7.10. The molecule has 5 nitrogen and oxygen atoms in total. The second kappa shape index (κ2) is 9.81. The number of fused-ring (bicyclic) bond motifs is 1. The van der Waals surface area contributed by atoms with Gasteiger partial charge in [-0.15, -0.1) is 0 Å². The summed E-state index contributed by atoms with van der Waals surface area (Å²) in [5, 5.41) is 12.3. The van der Waals surface area contributed by atoms with E-state index in [4.69, 9.17) is 26.8 Å². The Morgan fingerprint density at radius 2 is 1.92 bits per heavy atom. The number of nitrogens with two attached hydrogens (primary N) is 1. The number of hydrogen-bond acceptors (Lipinski definition) is 5. The van der Waals surface area contributed by atoms with E-state index in [1.54, 1.807) is 24.3 Å². The van der Waals surface area contributed by atoms with Crippen molar-refractivity contribution in [3.05, 3.63) is 99.1 Å². The van der Waals surface area contributed by atoms with Crippen LogP contribution < -0.4 is 10.5 Å². The largest absolute Gasteiger partial charge is 0.496 e. The minimum absolute atomic E-state index is 0.0121. The minimum Gasteiger partial charge on any atom is -0.496 e. The van der Waals surface area contributed by atoms with Crippen molar-refractivity contribution in [3.8, 4) is 5.75 Å². The summed E-state index contributed by atoms with van der Waals surface area (Å²) in [7, 11) is 1.48. The molecular weight excluding hydrogens is 488 g/mol. The number of carbonyl (C=O) groups is 1. The van der Waals surface area contributed by atoms with E-state index in [9.17, 15) is 18.7 Å². The quantitative estimate of drug-likeness (QED) is 0.379. The first-order valence-corrected chi connectivity index (χ1v) is 11.9. The second-order valence-corrected chi connectivity index (χ2v) is 10.3. The molecule has 0 spiro atoms. The van der Waals surface area contributed by atoms with E-state index in [1.807, 2.05) is 13.8 Å². The van der Waals surface area contributed by atoms with E-state index < -0.39 is 34.7 Å². The van der Waals surface area contributed by atoms with Crippen LogP contribution >= 0.6 is 11.6 Å². The van der Waals surface area contributed by atoms with Crippen molar-refractivity contribution in [3.63, 3.8) is 0 Å². The molecule has 0 aliphatic carbocycles.